The molecule has 2 aliphatic rings. The minimum atomic E-state index is -0.231. The van der Waals surface area contributed by atoms with Gasteiger partial charge in [0.1, 0.15) is 5.56 Å². The number of carbonyl (C=O) groups excluding carboxylic acids is 2. The van der Waals surface area contributed by atoms with Crippen LogP contribution in [-0.4, -0.2) is 57.3 Å². The SMILES string of the molecule is Cc1cc(C)n(C)c(=O)c1C(=O)N1CCC(c2ccc(C(=O)N3CCCCC3)cn2)CC1. The number of nitrogens with zero attached hydrogens (tertiary/aromatic N) is 4. The Balaban J connectivity index is 1.40. The topological polar surface area (TPSA) is 75.5 Å². The summed E-state index contributed by atoms with van der Waals surface area (Å²) in [6.07, 6.45) is 6.63. The second kappa shape index (κ2) is 9.27. The van der Waals surface area contributed by atoms with E-state index >= 15 is 0 Å². The number of pyridine rings is 2. The third kappa shape index (κ3) is 4.33. The first-order valence-electron chi connectivity index (χ1n) is 11.6. The number of aromatic nitrogens is 2. The van der Waals surface area contributed by atoms with Crippen LogP contribution in [-0.2, 0) is 7.05 Å². The van der Waals surface area contributed by atoms with Crippen molar-refractivity contribution < 1.29 is 9.59 Å². The Kier molecular flexibility index (Phi) is 6.44. The van der Waals surface area contributed by atoms with Crippen molar-refractivity contribution in [3.63, 3.8) is 0 Å². The molecule has 0 bridgehead atoms. The van der Waals surface area contributed by atoms with E-state index in [2.05, 4.69) is 4.98 Å². The molecule has 170 valence electrons. The monoisotopic (exact) mass is 436 g/mol. The molecule has 0 unspecified atom stereocenters. The molecule has 0 saturated carbocycles. The lowest BCUT2D eigenvalue weighted by Crippen LogP contribution is -2.41. The molecule has 2 fully saturated rings. The number of hydrogen-bond donors (Lipinski definition) is 0. The zero-order chi connectivity index (χ0) is 22.8. The van der Waals surface area contributed by atoms with Crippen molar-refractivity contribution in [1.82, 2.24) is 19.4 Å². The molecule has 0 aliphatic carbocycles. The molecule has 2 saturated heterocycles. The van der Waals surface area contributed by atoms with Gasteiger partial charge < -0.3 is 14.4 Å². The molecule has 0 spiro atoms. The first-order chi connectivity index (χ1) is 15.4. The predicted octanol–water partition coefficient (Wildman–Crippen LogP) is 3.04. The third-order valence-corrected chi connectivity index (χ3v) is 6.96. The molecule has 2 amide bonds. The fraction of sp³-hybridized carbons (Fsp3) is 0.520. The van der Waals surface area contributed by atoms with Crippen LogP contribution in [0.4, 0.5) is 0 Å². The van der Waals surface area contributed by atoms with Crippen molar-refractivity contribution in [1.29, 1.82) is 0 Å². The van der Waals surface area contributed by atoms with E-state index in [1.165, 1.54) is 11.0 Å². The average molecular weight is 437 g/mol. The van der Waals surface area contributed by atoms with Crippen LogP contribution in [0.3, 0.4) is 0 Å². The highest BCUT2D eigenvalue weighted by Crippen LogP contribution is 2.28. The maximum Gasteiger partial charge on any atom is 0.263 e. The van der Waals surface area contributed by atoms with E-state index in [0.717, 1.165) is 55.7 Å². The van der Waals surface area contributed by atoms with Crippen molar-refractivity contribution in [3.05, 3.63) is 62.8 Å². The van der Waals surface area contributed by atoms with Gasteiger partial charge in [0.25, 0.3) is 17.4 Å². The maximum atomic E-state index is 13.1. The Morgan fingerprint density at radius 2 is 1.59 bits per heavy atom. The van der Waals surface area contributed by atoms with Gasteiger partial charge in [-0.25, -0.2) is 0 Å². The maximum absolute atomic E-state index is 13.1. The summed E-state index contributed by atoms with van der Waals surface area (Å²) in [5, 5.41) is 0. The lowest BCUT2D eigenvalue weighted by atomic mass is 9.92. The quantitative estimate of drug-likeness (QED) is 0.741. The minimum absolute atomic E-state index is 0.0687. The van der Waals surface area contributed by atoms with Gasteiger partial charge in [-0.1, -0.05) is 0 Å². The highest BCUT2D eigenvalue weighted by molar-refractivity contribution is 5.95. The van der Waals surface area contributed by atoms with Crippen LogP contribution in [0, 0.1) is 13.8 Å². The summed E-state index contributed by atoms with van der Waals surface area (Å²) in [5.41, 5.74) is 3.23. The van der Waals surface area contributed by atoms with Crippen LogP contribution in [0.2, 0.25) is 0 Å². The summed E-state index contributed by atoms with van der Waals surface area (Å²) in [5.74, 6) is 0.135. The van der Waals surface area contributed by atoms with Crippen molar-refractivity contribution in [3.8, 4) is 0 Å². The van der Waals surface area contributed by atoms with Crippen molar-refractivity contribution in [2.24, 2.45) is 7.05 Å². The molecule has 2 aromatic heterocycles. The third-order valence-electron chi connectivity index (χ3n) is 6.96. The number of amides is 2. The minimum Gasteiger partial charge on any atom is -0.339 e. The number of likely N-dealkylation sites (tertiary alicyclic amines) is 2. The summed E-state index contributed by atoms with van der Waals surface area (Å²) in [6.45, 7) is 6.54. The van der Waals surface area contributed by atoms with Crippen LogP contribution in [0.15, 0.2) is 29.2 Å². The van der Waals surface area contributed by atoms with Crippen LogP contribution < -0.4 is 5.56 Å². The summed E-state index contributed by atoms with van der Waals surface area (Å²) < 4.78 is 1.53. The molecule has 7 heteroatoms. The van der Waals surface area contributed by atoms with E-state index in [1.807, 2.05) is 36.9 Å². The van der Waals surface area contributed by atoms with Gasteiger partial charge in [-0.3, -0.25) is 19.4 Å². The van der Waals surface area contributed by atoms with Crippen molar-refractivity contribution in [2.75, 3.05) is 26.2 Å². The molecule has 0 N–H and O–H groups in total. The van der Waals surface area contributed by atoms with Crippen molar-refractivity contribution >= 4 is 11.8 Å². The predicted molar refractivity (Wildman–Crippen MR) is 123 cm³/mol. The molecular weight excluding hydrogens is 404 g/mol. The Morgan fingerprint density at radius 3 is 2.22 bits per heavy atom. The molecule has 4 heterocycles. The molecule has 32 heavy (non-hydrogen) atoms. The van der Waals surface area contributed by atoms with Crippen molar-refractivity contribution in [2.45, 2.75) is 51.9 Å². The highest BCUT2D eigenvalue weighted by atomic mass is 16.2. The number of rotatable bonds is 3. The van der Waals surface area contributed by atoms with Gasteiger partial charge in [0.05, 0.1) is 5.56 Å². The van der Waals surface area contributed by atoms with E-state index in [0.29, 0.717) is 18.7 Å². The smallest absolute Gasteiger partial charge is 0.263 e. The molecule has 0 aromatic carbocycles. The van der Waals surface area contributed by atoms with Crippen LogP contribution >= 0.6 is 0 Å². The summed E-state index contributed by atoms with van der Waals surface area (Å²) >= 11 is 0. The lowest BCUT2D eigenvalue weighted by molar-refractivity contribution is 0.0704. The van der Waals surface area contributed by atoms with Gasteiger partial charge in [0, 0.05) is 56.7 Å². The summed E-state index contributed by atoms with van der Waals surface area (Å²) in [7, 11) is 1.70. The highest BCUT2D eigenvalue weighted by Gasteiger charge is 2.28. The largest absolute Gasteiger partial charge is 0.339 e. The molecule has 0 radical (unpaired) electrons. The fourth-order valence-corrected chi connectivity index (χ4v) is 4.83. The van der Waals surface area contributed by atoms with Gasteiger partial charge in [0.2, 0.25) is 0 Å². The zero-order valence-corrected chi connectivity index (χ0v) is 19.3. The Bertz CT molecular complexity index is 1060. The summed E-state index contributed by atoms with van der Waals surface area (Å²) in [4.78, 5) is 46.7. The lowest BCUT2D eigenvalue weighted by Gasteiger charge is -2.32. The Hall–Kier alpha value is -2.96. The molecule has 7 nitrogen and oxygen atoms in total. The Labute approximate surface area is 189 Å². The molecule has 2 aromatic rings. The molecular formula is C25H32N4O3. The fourth-order valence-electron chi connectivity index (χ4n) is 4.83. The van der Waals surface area contributed by atoms with Gasteiger partial charge in [0.15, 0.2) is 0 Å². The number of hydrogen-bond acceptors (Lipinski definition) is 4. The zero-order valence-electron chi connectivity index (χ0n) is 19.3. The summed E-state index contributed by atoms with van der Waals surface area (Å²) in [6, 6.07) is 5.73. The van der Waals surface area contributed by atoms with Gasteiger partial charge >= 0.3 is 0 Å². The average Bonchev–Trinajstić information content (AvgIpc) is 2.83. The van der Waals surface area contributed by atoms with Gasteiger partial charge in [-0.05, 0) is 69.7 Å². The van der Waals surface area contributed by atoms with E-state index in [9.17, 15) is 14.4 Å². The normalized spacial score (nSPS) is 17.5. The second-order valence-corrected chi connectivity index (χ2v) is 9.10. The molecule has 0 atom stereocenters. The number of aryl methyl sites for hydroxylation is 2. The van der Waals surface area contributed by atoms with E-state index < -0.39 is 0 Å². The number of carbonyl (C=O) groups is 2. The van der Waals surface area contributed by atoms with Gasteiger partial charge in [-0.2, -0.15) is 0 Å². The first kappa shape index (κ1) is 22.2. The van der Waals surface area contributed by atoms with Crippen LogP contribution in [0.5, 0.6) is 0 Å². The van der Waals surface area contributed by atoms with Crippen LogP contribution in [0.1, 0.15) is 75.7 Å². The standard InChI is InChI=1S/C25H32N4O3/c1-17-15-18(2)27(3)24(31)22(17)25(32)29-13-9-19(10-14-29)21-8-7-20(16-26-21)23(30)28-11-5-4-6-12-28/h7-8,15-16,19H,4-6,9-14H2,1-3H3. The van der Waals surface area contributed by atoms with Gasteiger partial charge in [-0.15, -0.1) is 0 Å². The van der Waals surface area contributed by atoms with Crippen LogP contribution in [0.25, 0.3) is 0 Å². The van der Waals surface area contributed by atoms with E-state index in [4.69, 9.17) is 0 Å². The first-order valence-corrected chi connectivity index (χ1v) is 11.6. The van der Waals surface area contributed by atoms with E-state index in [1.54, 1.807) is 18.1 Å². The second-order valence-electron chi connectivity index (χ2n) is 9.10. The molecule has 4 rings (SSSR count). The Morgan fingerprint density at radius 1 is 0.938 bits per heavy atom. The van der Waals surface area contributed by atoms with E-state index in [-0.39, 0.29) is 28.9 Å². The molecule has 2 aliphatic heterocycles. The number of piperidine rings is 2.